The molecule has 10 N–H and O–H groups in total. The molecule has 374 valence electrons. The van der Waals surface area contributed by atoms with Gasteiger partial charge in [0.1, 0.15) is 61.0 Å². The van der Waals surface area contributed by atoms with Crippen molar-refractivity contribution in [3.63, 3.8) is 0 Å². The van der Waals surface area contributed by atoms with Crippen LogP contribution in [0.3, 0.4) is 0 Å². The van der Waals surface area contributed by atoms with Gasteiger partial charge in [-0.05, 0) is 60.9 Å². The molecule has 0 radical (unpaired) electrons. The summed E-state index contributed by atoms with van der Waals surface area (Å²) >= 11 is 0. The quantitative estimate of drug-likeness (QED) is 0.0203. The molecule has 0 bridgehead atoms. The van der Waals surface area contributed by atoms with Crippen LogP contribution in [-0.4, -0.2) is 187 Å². The van der Waals surface area contributed by atoms with Gasteiger partial charge < -0.3 is 75.0 Å². The third-order valence-electron chi connectivity index (χ3n) is 10.4. The number of nitrogens with one attached hydrogen (secondary N) is 1. The van der Waals surface area contributed by atoms with Crippen LogP contribution in [-0.2, 0) is 38.1 Å². The Labute approximate surface area is 397 Å². The van der Waals surface area contributed by atoms with Crippen molar-refractivity contribution in [1.29, 1.82) is 0 Å². The van der Waals surface area contributed by atoms with E-state index in [1.165, 1.54) is 43.2 Å². The minimum atomic E-state index is -2.18. The molecule has 0 aromatic carbocycles. The second-order valence-electron chi connectivity index (χ2n) is 16.5. The lowest BCUT2D eigenvalue weighted by Crippen LogP contribution is -2.62. The van der Waals surface area contributed by atoms with Crippen molar-refractivity contribution in [3.8, 4) is 0 Å². The highest BCUT2D eigenvalue weighted by Gasteiger charge is 2.48. The number of hydrogen-bond acceptors (Lipinski definition) is 22. The molecule has 2 rings (SSSR count). The number of aromatic nitrogens is 1. The van der Waals surface area contributed by atoms with E-state index >= 15 is 0 Å². The summed E-state index contributed by atoms with van der Waals surface area (Å²) in [5, 5.41) is 93.6. The van der Waals surface area contributed by atoms with Crippen LogP contribution in [0.4, 0.5) is 0 Å². The summed E-state index contributed by atoms with van der Waals surface area (Å²) in [5.74, 6) is -0.989. The molecule has 1 fully saturated rings. The Morgan fingerprint density at radius 3 is 2.18 bits per heavy atom. The standard InChI is InChI=1S/C42H70N2O17S4/c1-24(2)19-27(20-42(6,41(56)59-13-12-45)21-28(25(3)4)39(55)58-15-18-64-65-31-9-7-8-10-43-31)26(5)57-14-17-63-62-16-11-44-38(54)35(52)34(51)37(29(48)22-46)61-40-36(53)33(50)32(49)30(23-47)60-40/h7-10,24-25,27-30,32-37,40,45-53H,5,11-23H2,1-4,6H3,(H,44,54)/t27?,28?,29-,30-,32+,33+,34-,35-,36-,37?,40+,42?/m1/s1. The number of hydrogen-bond donors (Lipinski definition) is 10. The van der Waals surface area contributed by atoms with Crippen LogP contribution in [0.2, 0.25) is 0 Å². The van der Waals surface area contributed by atoms with E-state index in [0.717, 1.165) is 5.03 Å². The number of ether oxygens (including phenoxy) is 5. The number of carbonyl (C=O) groups is 3. The molecule has 1 aromatic heterocycles. The van der Waals surface area contributed by atoms with Gasteiger partial charge in [-0.3, -0.25) is 14.4 Å². The van der Waals surface area contributed by atoms with E-state index in [1.54, 1.807) is 13.1 Å². The molecule has 1 aromatic rings. The fourth-order valence-electron chi connectivity index (χ4n) is 6.80. The average molecular weight is 1000 g/mol. The van der Waals surface area contributed by atoms with Gasteiger partial charge in [-0.2, -0.15) is 0 Å². The number of aliphatic hydroxyl groups is 9. The summed E-state index contributed by atoms with van der Waals surface area (Å²) in [6.07, 6.45) is -14.1. The van der Waals surface area contributed by atoms with Crippen molar-refractivity contribution in [2.24, 2.45) is 29.1 Å². The van der Waals surface area contributed by atoms with E-state index in [4.69, 9.17) is 23.7 Å². The van der Waals surface area contributed by atoms with Crippen LogP contribution in [0.1, 0.15) is 53.9 Å². The van der Waals surface area contributed by atoms with Crippen molar-refractivity contribution >= 4 is 61.0 Å². The molecule has 4 unspecified atom stereocenters. The van der Waals surface area contributed by atoms with Crippen LogP contribution in [0.25, 0.3) is 0 Å². The van der Waals surface area contributed by atoms with Crippen LogP contribution < -0.4 is 5.32 Å². The van der Waals surface area contributed by atoms with E-state index in [9.17, 15) is 60.3 Å². The first-order valence-electron chi connectivity index (χ1n) is 21.4. The predicted octanol–water partition coefficient (Wildman–Crippen LogP) is 0.910. The molecule has 19 nitrogen and oxygen atoms in total. The Kier molecular flexibility index (Phi) is 28.4. The molecular weight excluding hydrogens is 933 g/mol. The van der Waals surface area contributed by atoms with Crippen LogP contribution >= 0.6 is 43.2 Å². The van der Waals surface area contributed by atoms with E-state index in [0.29, 0.717) is 29.4 Å². The monoisotopic (exact) mass is 1000 g/mol. The minimum absolute atomic E-state index is 0.0466. The molecule has 0 aliphatic carbocycles. The summed E-state index contributed by atoms with van der Waals surface area (Å²) in [5.41, 5.74) is -1.16. The molecule has 1 amide bonds. The van der Waals surface area contributed by atoms with E-state index < -0.39 is 97.5 Å². The highest BCUT2D eigenvalue weighted by Crippen LogP contribution is 2.41. The first-order valence-corrected chi connectivity index (χ1v) is 26.2. The molecule has 23 heteroatoms. The molecule has 65 heavy (non-hydrogen) atoms. The number of aliphatic hydroxyl groups excluding tert-OH is 9. The lowest BCUT2D eigenvalue weighted by molar-refractivity contribution is -0.326. The van der Waals surface area contributed by atoms with Gasteiger partial charge in [-0.1, -0.05) is 72.7 Å². The summed E-state index contributed by atoms with van der Waals surface area (Å²) in [7, 11) is 5.81. The number of pyridine rings is 1. The van der Waals surface area contributed by atoms with Crippen molar-refractivity contribution in [2.75, 3.05) is 63.4 Å². The Morgan fingerprint density at radius 1 is 0.892 bits per heavy atom. The fourth-order valence-corrected chi connectivity index (χ4v) is 10.2. The van der Waals surface area contributed by atoms with Gasteiger partial charge in [0.05, 0.1) is 43.5 Å². The normalized spacial score (nSPS) is 22.6. The van der Waals surface area contributed by atoms with Gasteiger partial charge in [-0.25, -0.2) is 4.98 Å². The molecule has 2 heterocycles. The molecule has 1 saturated heterocycles. The average Bonchev–Trinajstić information content (AvgIpc) is 3.28. The Bertz CT molecular complexity index is 1540. The van der Waals surface area contributed by atoms with Gasteiger partial charge in [-0.15, -0.1) is 0 Å². The third kappa shape index (κ3) is 20.3. The maximum Gasteiger partial charge on any atom is 0.311 e. The first kappa shape index (κ1) is 59.2. The zero-order valence-corrected chi connectivity index (χ0v) is 40.9. The maximum atomic E-state index is 13.7. The van der Waals surface area contributed by atoms with Crippen molar-refractivity contribution < 1.29 is 84.0 Å². The lowest BCUT2D eigenvalue weighted by Gasteiger charge is -2.42. The SMILES string of the molecule is C=C(OCCSSCCNC(=O)[C@H](O)[C@@H](O)C(O[C@@H]1O[C@H](CO)[C@H](O)[C@H](O)[C@H]1O)[C@H](O)CO)C(CC(C)C)CC(C)(CC(C(=O)OCCSSc1ccccn1)C(C)C)C(=O)OCCO. The summed E-state index contributed by atoms with van der Waals surface area (Å²) in [4.78, 5) is 44.1. The highest BCUT2D eigenvalue weighted by molar-refractivity contribution is 8.77. The van der Waals surface area contributed by atoms with Crippen LogP contribution in [0.5, 0.6) is 0 Å². The number of amides is 1. The van der Waals surface area contributed by atoms with E-state index in [-0.39, 0.29) is 63.6 Å². The number of rotatable bonds is 33. The minimum Gasteiger partial charge on any atom is -0.497 e. The Balaban J connectivity index is 1.92. The zero-order valence-electron chi connectivity index (χ0n) is 37.6. The van der Waals surface area contributed by atoms with Gasteiger partial charge in [0, 0.05) is 35.9 Å². The van der Waals surface area contributed by atoms with E-state index in [1.807, 2.05) is 45.9 Å². The molecule has 0 spiro atoms. The van der Waals surface area contributed by atoms with Gasteiger partial charge in [0.15, 0.2) is 12.4 Å². The maximum absolute atomic E-state index is 13.7. The summed E-state index contributed by atoms with van der Waals surface area (Å²) < 4.78 is 27.8. The largest absolute Gasteiger partial charge is 0.497 e. The highest BCUT2D eigenvalue weighted by atomic mass is 33.1. The van der Waals surface area contributed by atoms with Crippen molar-refractivity contribution in [1.82, 2.24) is 10.3 Å². The second kappa shape index (κ2) is 31.2. The van der Waals surface area contributed by atoms with Crippen LogP contribution in [0, 0.1) is 29.1 Å². The topological polar surface area (TPSA) is 304 Å². The summed E-state index contributed by atoms with van der Waals surface area (Å²) in [6.45, 7) is 12.0. The van der Waals surface area contributed by atoms with Gasteiger partial charge >= 0.3 is 11.9 Å². The fraction of sp³-hybridized carbons (Fsp3) is 0.762. The second-order valence-corrected chi connectivity index (χ2v) is 21.6. The number of nitrogens with zero attached hydrogens (tertiary/aromatic N) is 1. The summed E-state index contributed by atoms with van der Waals surface area (Å²) in [6, 6.07) is 5.63. The Hall–Kier alpha value is -1.94. The number of esters is 2. The van der Waals surface area contributed by atoms with Crippen molar-refractivity contribution in [3.05, 3.63) is 36.7 Å². The Morgan fingerprint density at radius 2 is 1.57 bits per heavy atom. The predicted molar refractivity (Wildman–Crippen MR) is 247 cm³/mol. The van der Waals surface area contributed by atoms with Crippen LogP contribution in [0.15, 0.2) is 41.8 Å². The smallest absolute Gasteiger partial charge is 0.311 e. The van der Waals surface area contributed by atoms with Gasteiger partial charge in [0.25, 0.3) is 5.91 Å². The molecule has 1 aliphatic rings. The number of carbonyl (C=O) groups excluding carboxylic acids is 3. The van der Waals surface area contributed by atoms with E-state index in [2.05, 4.69) is 16.9 Å². The first-order chi connectivity index (χ1) is 30.8. The molecular formula is C42H70N2O17S4. The van der Waals surface area contributed by atoms with Crippen molar-refractivity contribution in [2.45, 2.75) is 114 Å². The third-order valence-corrected chi connectivity index (χ3v) is 15.0. The molecule has 12 atom stereocenters. The molecule has 0 saturated carbocycles. The molecule has 1 aliphatic heterocycles. The van der Waals surface area contributed by atoms with Gasteiger partial charge in [0.2, 0.25) is 0 Å². The zero-order chi connectivity index (χ0) is 48.7. The number of allylic oxidation sites excluding steroid dienone is 1. The lowest BCUT2D eigenvalue weighted by atomic mass is 9.70.